The molecule has 0 aliphatic rings. The molecule has 0 heterocycles. The molecule has 0 amide bonds. The zero-order valence-electron chi connectivity index (χ0n) is 13.4. The largest absolute Gasteiger partial charge is 0.489 e. The average Bonchev–Trinajstić information content (AvgIpc) is 2.57. The molecule has 2 aromatic rings. The molecule has 0 saturated carbocycles. The van der Waals surface area contributed by atoms with Crippen molar-refractivity contribution in [3.8, 4) is 5.75 Å². The molecule has 0 saturated heterocycles. The Hall–Kier alpha value is -2.29. The Bertz CT molecular complexity index is 593. The number of hydrogen-bond acceptors (Lipinski definition) is 2. The van der Waals surface area contributed by atoms with E-state index < -0.39 is 5.97 Å². The maximum atomic E-state index is 10.4. The number of carboxylic acids is 1. The van der Waals surface area contributed by atoms with Gasteiger partial charge in [-0.3, -0.25) is 4.79 Å². The number of aliphatic carboxylic acids is 1. The summed E-state index contributed by atoms with van der Waals surface area (Å²) in [7, 11) is 0. The lowest BCUT2D eigenvalue weighted by Gasteiger charge is -2.08. The van der Waals surface area contributed by atoms with Crippen LogP contribution in [0.15, 0.2) is 54.6 Å². The second-order valence-electron chi connectivity index (χ2n) is 5.73. The average molecular weight is 312 g/mol. The van der Waals surface area contributed by atoms with E-state index in [-0.39, 0.29) is 6.42 Å². The number of rotatable bonds is 10. The normalized spacial score (nSPS) is 10.4. The Labute approximate surface area is 137 Å². The fourth-order valence-corrected chi connectivity index (χ4v) is 2.49. The molecule has 0 aliphatic heterocycles. The minimum atomic E-state index is -0.701. The zero-order valence-corrected chi connectivity index (χ0v) is 13.4. The number of carbonyl (C=O) groups is 1. The molecule has 23 heavy (non-hydrogen) atoms. The summed E-state index contributed by atoms with van der Waals surface area (Å²) < 4.78 is 5.84. The first-order valence-electron chi connectivity index (χ1n) is 8.21. The summed E-state index contributed by atoms with van der Waals surface area (Å²) in [6.45, 7) is 0.583. The molecule has 2 rings (SSSR count). The van der Waals surface area contributed by atoms with Gasteiger partial charge in [0.2, 0.25) is 0 Å². The Morgan fingerprint density at radius 1 is 0.870 bits per heavy atom. The van der Waals surface area contributed by atoms with Crippen LogP contribution in [0.1, 0.15) is 43.2 Å². The summed E-state index contributed by atoms with van der Waals surface area (Å²) >= 11 is 0. The van der Waals surface area contributed by atoms with Gasteiger partial charge in [0.25, 0.3) is 0 Å². The van der Waals surface area contributed by atoms with Crippen molar-refractivity contribution in [1.82, 2.24) is 0 Å². The van der Waals surface area contributed by atoms with E-state index in [2.05, 4.69) is 24.3 Å². The van der Waals surface area contributed by atoms with Gasteiger partial charge < -0.3 is 9.84 Å². The quantitative estimate of drug-likeness (QED) is 0.638. The third kappa shape index (κ3) is 7.00. The third-order valence-corrected chi connectivity index (χ3v) is 3.75. The van der Waals surface area contributed by atoms with E-state index in [0.717, 1.165) is 43.4 Å². The second-order valence-corrected chi connectivity index (χ2v) is 5.73. The summed E-state index contributed by atoms with van der Waals surface area (Å²) in [5.74, 6) is 0.200. The first-order chi connectivity index (χ1) is 11.2. The van der Waals surface area contributed by atoms with E-state index in [1.807, 2.05) is 30.3 Å². The minimum Gasteiger partial charge on any atom is -0.489 e. The molecule has 0 atom stereocenters. The van der Waals surface area contributed by atoms with Gasteiger partial charge in [-0.2, -0.15) is 0 Å². The van der Waals surface area contributed by atoms with E-state index in [1.54, 1.807) is 0 Å². The van der Waals surface area contributed by atoms with Gasteiger partial charge in [0.1, 0.15) is 12.4 Å². The fourth-order valence-electron chi connectivity index (χ4n) is 2.49. The van der Waals surface area contributed by atoms with Gasteiger partial charge in [0.05, 0.1) is 0 Å². The van der Waals surface area contributed by atoms with Crippen LogP contribution in [0.5, 0.6) is 5.75 Å². The van der Waals surface area contributed by atoms with Crippen molar-refractivity contribution in [2.45, 2.75) is 45.1 Å². The summed E-state index contributed by atoms with van der Waals surface area (Å²) in [5, 5.41) is 8.60. The highest BCUT2D eigenvalue weighted by Crippen LogP contribution is 2.17. The van der Waals surface area contributed by atoms with E-state index in [9.17, 15) is 4.79 Å². The third-order valence-electron chi connectivity index (χ3n) is 3.75. The van der Waals surface area contributed by atoms with Gasteiger partial charge in [-0.15, -0.1) is 0 Å². The maximum absolute atomic E-state index is 10.4. The molecule has 2 aromatic carbocycles. The summed E-state index contributed by atoms with van der Waals surface area (Å²) in [6.07, 6.45) is 5.20. The van der Waals surface area contributed by atoms with Gasteiger partial charge in [0, 0.05) is 6.42 Å². The Kier molecular flexibility index (Phi) is 7.18. The molecule has 3 heteroatoms. The van der Waals surface area contributed by atoms with Crippen LogP contribution in [0.25, 0.3) is 0 Å². The van der Waals surface area contributed by atoms with Crippen LogP contribution in [0.2, 0.25) is 0 Å². The van der Waals surface area contributed by atoms with Crippen LogP contribution >= 0.6 is 0 Å². The minimum absolute atomic E-state index is 0.281. The predicted molar refractivity (Wildman–Crippen MR) is 91.6 cm³/mol. The molecule has 0 radical (unpaired) electrons. The highest BCUT2D eigenvalue weighted by molar-refractivity contribution is 5.66. The molecule has 3 nitrogen and oxygen atoms in total. The van der Waals surface area contributed by atoms with Crippen molar-refractivity contribution in [2.75, 3.05) is 0 Å². The van der Waals surface area contributed by atoms with Crippen LogP contribution in [0.3, 0.4) is 0 Å². The number of ether oxygens (including phenoxy) is 1. The topological polar surface area (TPSA) is 46.5 Å². The maximum Gasteiger partial charge on any atom is 0.303 e. The van der Waals surface area contributed by atoms with Crippen molar-refractivity contribution >= 4 is 5.97 Å². The van der Waals surface area contributed by atoms with Gasteiger partial charge >= 0.3 is 5.97 Å². The Balaban J connectivity index is 1.71. The Morgan fingerprint density at radius 3 is 2.39 bits per heavy atom. The molecule has 0 spiro atoms. The smallest absolute Gasteiger partial charge is 0.303 e. The number of benzene rings is 2. The number of aryl methyl sites for hydroxylation is 1. The van der Waals surface area contributed by atoms with E-state index >= 15 is 0 Å². The summed E-state index contributed by atoms with van der Waals surface area (Å²) in [6, 6.07) is 18.4. The lowest BCUT2D eigenvalue weighted by atomic mass is 10.1. The van der Waals surface area contributed by atoms with Crippen molar-refractivity contribution in [2.24, 2.45) is 0 Å². The number of carboxylic acid groups (broad SMARTS) is 1. The highest BCUT2D eigenvalue weighted by atomic mass is 16.5. The Morgan fingerprint density at radius 2 is 1.61 bits per heavy atom. The molecular formula is C20H24O3. The van der Waals surface area contributed by atoms with Gasteiger partial charge in [-0.1, -0.05) is 55.3 Å². The summed E-state index contributed by atoms with van der Waals surface area (Å²) in [4.78, 5) is 10.4. The molecule has 0 aliphatic carbocycles. The van der Waals surface area contributed by atoms with Crippen LogP contribution in [0, 0.1) is 0 Å². The molecule has 0 unspecified atom stereocenters. The van der Waals surface area contributed by atoms with Crippen molar-refractivity contribution < 1.29 is 14.6 Å². The van der Waals surface area contributed by atoms with E-state index in [0.29, 0.717) is 6.61 Å². The summed E-state index contributed by atoms with van der Waals surface area (Å²) in [5.41, 5.74) is 2.44. The van der Waals surface area contributed by atoms with Crippen LogP contribution < -0.4 is 4.74 Å². The fraction of sp³-hybridized carbons (Fsp3) is 0.350. The van der Waals surface area contributed by atoms with Gasteiger partial charge in [-0.05, 0) is 42.5 Å². The van der Waals surface area contributed by atoms with Crippen LogP contribution in [-0.2, 0) is 17.8 Å². The molecule has 0 fully saturated rings. The molecular weight excluding hydrogens is 288 g/mol. The van der Waals surface area contributed by atoms with Gasteiger partial charge in [0.15, 0.2) is 0 Å². The standard InChI is InChI=1S/C20H24O3/c21-20(22)14-7-2-1-4-9-17-12-8-13-19(15-17)23-16-18-10-5-3-6-11-18/h3,5-6,8,10-13,15H,1-2,4,7,9,14,16H2,(H,21,22). The lowest BCUT2D eigenvalue weighted by molar-refractivity contribution is -0.137. The van der Waals surface area contributed by atoms with E-state index in [4.69, 9.17) is 9.84 Å². The zero-order chi connectivity index (χ0) is 16.3. The van der Waals surface area contributed by atoms with Crippen molar-refractivity contribution in [1.29, 1.82) is 0 Å². The SMILES string of the molecule is O=C(O)CCCCCCc1cccc(OCc2ccccc2)c1. The highest BCUT2D eigenvalue weighted by Gasteiger charge is 2.00. The second kappa shape index (κ2) is 9.67. The molecule has 1 N–H and O–H groups in total. The number of hydrogen-bond donors (Lipinski definition) is 1. The van der Waals surface area contributed by atoms with Crippen LogP contribution in [-0.4, -0.2) is 11.1 Å². The van der Waals surface area contributed by atoms with Crippen molar-refractivity contribution in [3.05, 3.63) is 65.7 Å². The molecule has 0 bridgehead atoms. The van der Waals surface area contributed by atoms with Crippen molar-refractivity contribution in [3.63, 3.8) is 0 Å². The van der Waals surface area contributed by atoms with E-state index in [1.165, 1.54) is 5.56 Å². The first-order valence-corrected chi connectivity index (χ1v) is 8.21. The molecule has 0 aromatic heterocycles. The number of unbranched alkanes of at least 4 members (excludes halogenated alkanes) is 3. The van der Waals surface area contributed by atoms with Gasteiger partial charge in [-0.25, -0.2) is 0 Å². The predicted octanol–water partition coefficient (Wildman–Crippen LogP) is 4.84. The molecule has 122 valence electrons. The monoisotopic (exact) mass is 312 g/mol. The first kappa shape index (κ1) is 17.1. The van der Waals surface area contributed by atoms with Crippen LogP contribution in [0.4, 0.5) is 0 Å². The lowest BCUT2D eigenvalue weighted by Crippen LogP contribution is -1.96.